The van der Waals surface area contributed by atoms with Gasteiger partial charge in [-0.05, 0) is 38.5 Å². The van der Waals surface area contributed by atoms with Gasteiger partial charge in [-0.3, -0.25) is 4.68 Å². The van der Waals surface area contributed by atoms with Crippen LogP contribution in [0.5, 0.6) is 0 Å². The smallest absolute Gasteiger partial charge is 0.150 e. The van der Waals surface area contributed by atoms with Crippen molar-refractivity contribution in [3.63, 3.8) is 0 Å². The molecule has 0 saturated carbocycles. The largest absolute Gasteiger partial charge is 0.268 e. The summed E-state index contributed by atoms with van der Waals surface area (Å²) in [5, 5.41) is 5.93. The SMILES string of the molecule is CCn1nc(C)c(Cl)c1CC(CBr)C1CCS(=O)(=O)C1. The van der Waals surface area contributed by atoms with Crippen molar-refractivity contribution in [1.82, 2.24) is 9.78 Å². The molecule has 0 N–H and O–H groups in total. The molecule has 0 aromatic carbocycles. The summed E-state index contributed by atoms with van der Waals surface area (Å²) < 4.78 is 25.2. The van der Waals surface area contributed by atoms with Crippen molar-refractivity contribution in [3.8, 4) is 0 Å². The number of aromatic nitrogens is 2. The second-order valence-electron chi connectivity index (χ2n) is 5.44. The fourth-order valence-corrected chi connectivity index (χ4v) is 5.74. The Balaban J connectivity index is 2.19. The fraction of sp³-hybridized carbons (Fsp3) is 0.769. The van der Waals surface area contributed by atoms with Gasteiger partial charge in [0.1, 0.15) is 0 Å². The lowest BCUT2D eigenvalue weighted by Crippen LogP contribution is -2.21. The first kappa shape index (κ1) is 16.3. The van der Waals surface area contributed by atoms with Crippen molar-refractivity contribution in [1.29, 1.82) is 0 Å². The molecule has 0 radical (unpaired) electrons. The molecule has 2 heterocycles. The zero-order chi connectivity index (χ0) is 14.9. The zero-order valence-corrected chi connectivity index (χ0v) is 14.9. The number of hydrogen-bond acceptors (Lipinski definition) is 3. The molecule has 1 fully saturated rings. The number of rotatable bonds is 5. The number of alkyl halides is 1. The Morgan fingerprint density at radius 2 is 2.25 bits per heavy atom. The predicted octanol–water partition coefficient (Wildman–Crippen LogP) is 2.85. The highest BCUT2D eigenvalue weighted by Gasteiger charge is 2.34. The standard InChI is InChI=1S/C13H20BrClN2O2S/c1-3-17-12(13(15)9(2)16-17)6-11(7-14)10-4-5-20(18,19)8-10/h10-11H,3-8H2,1-2H3. The molecular weight excluding hydrogens is 364 g/mol. The fourth-order valence-electron chi connectivity index (χ4n) is 2.86. The minimum absolute atomic E-state index is 0.218. The molecule has 2 atom stereocenters. The molecule has 0 spiro atoms. The Hall–Kier alpha value is -0.0700. The average molecular weight is 384 g/mol. The van der Waals surface area contributed by atoms with Crippen LogP contribution >= 0.6 is 27.5 Å². The molecule has 0 aliphatic carbocycles. The number of aryl methyl sites for hydroxylation is 2. The minimum atomic E-state index is -2.84. The summed E-state index contributed by atoms with van der Waals surface area (Å²) >= 11 is 9.87. The summed E-state index contributed by atoms with van der Waals surface area (Å²) in [7, 11) is -2.84. The van der Waals surface area contributed by atoms with Crippen LogP contribution in [0, 0.1) is 18.8 Å². The zero-order valence-electron chi connectivity index (χ0n) is 11.8. The van der Waals surface area contributed by atoms with Crippen molar-refractivity contribution in [3.05, 3.63) is 16.4 Å². The van der Waals surface area contributed by atoms with Crippen LogP contribution in [0.2, 0.25) is 5.02 Å². The molecule has 0 amide bonds. The van der Waals surface area contributed by atoms with Crippen LogP contribution < -0.4 is 0 Å². The molecule has 0 bridgehead atoms. The van der Waals surface area contributed by atoms with Gasteiger partial charge in [-0.2, -0.15) is 5.10 Å². The normalized spacial score (nSPS) is 23.1. The molecule has 7 heteroatoms. The Morgan fingerprint density at radius 3 is 2.75 bits per heavy atom. The van der Waals surface area contributed by atoms with Gasteiger partial charge >= 0.3 is 0 Å². The van der Waals surface area contributed by atoms with Crippen molar-refractivity contribution in [2.45, 2.75) is 33.2 Å². The molecule has 114 valence electrons. The Kier molecular flexibility index (Phi) is 5.19. The molecule has 1 saturated heterocycles. The van der Waals surface area contributed by atoms with Gasteiger partial charge in [0.05, 0.1) is 27.9 Å². The molecule has 2 rings (SSSR count). The van der Waals surface area contributed by atoms with Gasteiger partial charge < -0.3 is 0 Å². The summed E-state index contributed by atoms with van der Waals surface area (Å²) in [6.07, 6.45) is 1.54. The van der Waals surface area contributed by atoms with Gasteiger partial charge in [-0.1, -0.05) is 27.5 Å². The summed E-state index contributed by atoms with van der Waals surface area (Å²) in [5.74, 6) is 1.13. The maximum atomic E-state index is 11.6. The van der Waals surface area contributed by atoms with E-state index in [2.05, 4.69) is 21.0 Å². The third kappa shape index (κ3) is 3.39. The second kappa shape index (κ2) is 6.36. The van der Waals surface area contributed by atoms with E-state index in [1.807, 2.05) is 18.5 Å². The molecular formula is C13H20BrClN2O2S. The maximum Gasteiger partial charge on any atom is 0.150 e. The lowest BCUT2D eigenvalue weighted by molar-refractivity contribution is 0.391. The van der Waals surface area contributed by atoms with E-state index in [1.54, 1.807) is 0 Å². The van der Waals surface area contributed by atoms with Crippen LogP contribution in [-0.4, -0.2) is 35.0 Å². The predicted molar refractivity (Wildman–Crippen MR) is 85.4 cm³/mol. The van der Waals surface area contributed by atoms with Crippen LogP contribution in [0.4, 0.5) is 0 Å². The number of hydrogen-bond donors (Lipinski definition) is 0. The van der Waals surface area contributed by atoms with Crippen molar-refractivity contribution < 1.29 is 8.42 Å². The summed E-state index contributed by atoms with van der Waals surface area (Å²) in [5.41, 5.74) is 1.87. The first-order chi connectivity index (χ1) is 9.38. The van der Waals surface area contributed by atoms with Gasteiger partial charge in [0.25, 0.3) is 0 Å². The topological polar surface area (TPSA) is 52.0 Å². The van der Waals surface area contributed by atoms with Gasteiger partial charge in [0.2, 0.25) is 0 Å². The van der Waals surface area contributed by atoms with E-state index >= 15 is 0 Å². The van der Waals surface area contributed by atoms with Crippen LogP contribution in [0.25, 0.3) is 0 Å². The van der Waals surface area contributed by atoms with Crippen molar-refractivity contribution in [2.24, 2.45) is 11.8 Å². The second-order valence-corrected chi connectivity index (χ2v) is 8.70. The van der Waals surface area contributed by atoms with Gasteiger partial charge in [-0.15, -0.1) is 0 Å². The minimum Gasteiger partial charge on any atom is -0.268 e. The van der Waals surface area contributed by atoms with Gasteiger partial charge in [-0.25, -0.2) is 8.42 Å². The van der Waals surface area contributed by atoms with Crippen LogP contribution in [0.15, 0.2) is 0 Å². The van der Waals surface area contributed by atoms with Crippen LogP contribution in [0.3, 0.4) is 0 Å². The van der Waals surface area contributed by atoms with E-state index in [0.717, 1.165) is 41.1 Å². The molecule has 1 aromatic heterocycles. The van der Waals surface area contributed by atoms with E-state index in [9.17, 15) is 8.42 Å². The van der Waals surface area contributed by atoms with Crippen molar-refractivity contribution >= 4 is 37.4 Å². The molecule has 1 aromatic rings. The first-order valence-electron chi connectivity index (χ1n) is 6.86. The molecule has 1 aliphatic rings. The highest BCUT2D eigenvalue weighted by atomic mass is 79.9. The third-order valence-electron chi connectivity index (χ3n) is 4.04. The van der Waals surface area contributed by atoms with E-state index in [1.165, 1.54) is 0 Å². The molecule has 20 heavy (non-hydrogen) atoms. The summed E-state index contributed by atoms with van der Waals surface area (Å²) in [6, 6.07) is 0. The Morgan fingerprint density at radius 1 is 1.55 bits per heavy atom. The highest BCUT2D eigenvalue weighted by molar-refractivity contribution is 9.09. The van der Waals surface area contributed by atoms with E-state index in [-0.39, 0.29) is 11.8 Å². The third-order valence-corrected chi connectivity index (χ3v) is 7.16. The number of nitrogens with zero attached hydrogens (tertiary/aromatic N) is 2. The quantitative estimate of drug-likeness (QED) is 0.735. The maximum absolute atomic E-state index is 11.6. The first-order valence-corrected chi connectivity index (χ1v) is 10.2. The Labute approximate surface area is 133 Å². The van der Waals surface area contributed by atoms with Crippen LogP contribution in [0.1, 0.15) is 24.7 Å². The molecule has 4 nitrogen and oxygen atoms in total. The van der Waals surface area contributed by atoms with Gasteiger partial charge in [0, 0.05) is 11.9 Å². The number of halogens is 2. The average Bonchev–Trinajstić information content (AvgIpc) is 2.89. The van der Waals surface area contributed by atoms with E-state index in [0.29, 0.717) is 11.5 Å². The lowest BCUT2D eigenvalue weighted by Gasteiger charge is -2.20. The highest BCUT2D eigenvalue weighted by Crippen LogP contribution is 2.32. The van der Waals surface area contributed by atoms with Gasteiger partial charge in [0.15, 0.2) is 9.84 Å². The number of sulfone groups is 1. The van der Waals surface area contributed by atoms with Crippen molar-refractivity contribution in [2.75, 3.05) is 16.8 Å². The van der Waals surface area contributed by atoms with E-state index < -0.39 is 9.84 Å². The monoisotopic (exact) mass is 382 g/mol. The van der Waals surface area contributed by atoms with E-state index in [4.69, 9.17) is 11.6 Å². The van der Waals surface area contributed by atoms with Crippen LogP contribution in [-0.2, 0) is 22.8 Å². The summed E-state index contributed by atoms with van der Waals surface area (Å²) in [6.45, 7) is 4.72. The molecule has 2 unspecified atom stereocenters. The summed E-state index contributed by atoms with van der Waals surface area (Å²) in [4.78, 5) is 0. The lowest BCUT2D eigenvalue weighted by atomic mass is 9.89. The Bertz CT molecular complexity index is 585. The molecule has 1 aliphatic heterocycles.